The SMILES string of the molecule is CCCCC(CC)CNC(=O)c1ccc(=O)n(CCOc2ccccc2)n1. The van der Waals surface area contributed by atoms with Crippen LogP contribution in [0.5, 0.6) is 5.75 Å². The van der Waals surface area contributed by atoms with Gasteiger partial charge in [-0.25, -0.2) is 4.68 Å². The molecule has 1 aromatic carbocycles. The van der Waals surface area contributed by atoms with Gasteiger partial charge in [0.25, 0.3) is 11.5 Å². The van der Waals surface area contributed by atoms with Crippen molar-refractivity contribution in [1.82, 2.24) is 15.1 Å². The monoisotopic (exact) mass is 371 g/mol. The minimum Gasteiger partial charge on any atom is -0.492 e. The van der Waals surface area contributed by atoms with Crippen LogP contribution in [0, 0.1) is 5.92 Å². The average molecular weight is 371 g/mol. The second kappa shape index (κ2) is 11.2. The molecule has 2 aromatic rings. The molecule has 1 N–H and O–H groups in total. The van der Waals surface area contributed by atoms with Crippen LogP contribution in [0.1, 0.15) is 50.0 Å². The van der Waals surface area contributed by atoms with Gasteiger partial charge in [0.1, 0.15) is 18.1 Å². The molecule has 1 amide bonds. The lowest BCUT2D eigenvalue weighted by atomic mass is 9.99. The predicted octanol–water partition coefficient (Wildman–Crippen LogP) is 3.27. The van der Waals surface area contributed by atoms with Crippen LogP contribution >= 0.6 is 0 Å². The molecule has 0 aliphatic rings. The second-order valence-electron chi connectivity index (χ2n) is 6.57. The minimum absolute atomic E-state index is 0.248. The van der Waals surface area contributed by atoms with Crippen LogP contribution in [0.2, 0.25) is 0 Å². The number of benzene rings is 1. The Morgan fingerprint density at radius 1 is 1.19 bits per heavy atom. The number of para-hydroxylation sites is 1. The maximum atomic E-state index is 12.4. The lowest BCUT2D eigenvalue weighted by Gasteiger charge is -2.15. The molecular weight excluding hydrogens is 342 g/mol. The normalized spacial score (nSPS) is 11.8. The van der Waals surface area contributed by atoms with E-state index in [9.17, 15) is 9.59 Å². The Hall–Kier alpha value is -2.63. The van der Waals surface area contributed by atoms with Crippen LogP contribution in [-0.4, -0.2) is 28.8 Å². The summed E-state index contributed by atoms with van der Waals surface area (Å²) in [7, 11) is 0. The number of nitrogens with one attached hydrogen (secondary N) is 1. The zero-order chi connectivity index (χ0) is 19.5. The number of ether oxygens (including phenoxy) is 1. The highest BCUT2D eigenvalue weighted by atomic mass is 16.5. The predicted molar refractivity (Wildman–Crippen MR) is 106 cm³/mol. The first-order valence-corrected chi connectivity index (χ1v) is 9.68. The van der Waals surface area contributed by atoms with Crippen molar-refractivity contribution in [3.8, 4) is 5.75 Å². The van der Waals surface area contributed by atoms with Crippen LogP contribution in [0.25, 0.3) is 0 Å². The van der Waals surface area contributed by atoms with Crippen molar-refractivity contribution in [3.63, 3.8) is 0 Å². The average Bonchev–Trinajstić information content (AvgIpc) is 2.70. The Kier molecular flexibility index (Phi) is 8.55. The molecule has 0 radical (unpaired) electrons. The summed E-state index contributed by atoms with van der Waals surface area (Å²) in [6.45, 7) is 5.52. The van der Waals surface area contributed by atoms with E-state index in [1.807, 2.05) is 30.3 Å². The summed E-state index contributed by atoms with van der Waals surface area (Å²) in [6, 6.07) is 12.2. The third kappa shape index (κ3) is 6.89. The third-order valence-corrected chi connectivity index (χ3v) is 4.51. The number of amides is 1. The van der Waals surface area contributed by atoms with Gasteiger partial charge >= 0.3 is 0 Å². The number of unbranched alkanes of at least 4 members (excludes halogenated alkanes) is 1. The number of aromatic nitrogens is 2. The molecule has 0 saturated carbocycles. The molecule has 146 valence electrons. The Labute approximate surface area is 160 Å². The zero-order valence-electron chi connectivity index (χ0n) is 16.2. The number of nitrogens with zero attached hydrogens (tertiary/aromatic N) is 2. The second-order valence-corrected chi connectivity index (χ2v) is 6.57. The molecule has 1 heterocycles. The molecule has 1 unspecified atom stereocenters. The highest BCUT2D eigenvalue weighted by molar-refractivity contribution is 5.91. The van der Waals surface area contributed by atoms with E-state index in [0.29, 0.717) is 19.1 Å². The van der Waals surface area contributed by atoms with Gasteiger partial charge in [-0.1, -0.05) is 51.3 Å². The van der Waals surface area contributed by atoms with Crippen molar-refractivity contribution in [2.24, 2.45) is 5.92 Å². The number of hydrogen-bond donors (Lipinski definition) is 1. The van der Waals surface area contributed by atoms with E-state index in [1.165, 1.54) is 23.2 Å². The molecule has 0 saturated heterocycles. The van der Waals surface area contributed by atoms with Crippen molar-refractivity contribution in [1.29, 1.82) is 0 Å². The van der Waals surface area contributed by atoms with Gasteiger partial charge < -0.3 is 10.1 Å². The summed E-state index contributed by atoms with van der Waals surface area (Å²) < 4.78 is 6.87. The number of rotatable bonds is 11. The first-order chi connectivity index (χ1) is 13.1. The maximum Gasteiger partial charge on any atom is 0.271 e. The van der Waals surface area contributed by atoms with Gasteiger partial charge in [0, 0.05) is 12.6 Å². The zero-order valence-corrected chi connectivity index (χ0v) is 16.2. The van der Waals surface area contributed by atoms with Gasteiger partial charge in [-0.05, 0) is 30.5 Å². The van der Waals surface area contributed by atoms with Crippen molar-refractivity contribution >= 4 is 5.91 Å². The Bertz CT molecular complexity index is 759. The molecule has 0 bridgehead atoms. The smallest absolute Gasteiger partial charge is 0.271 e. The van der Waals surface area contributed by atoms with Crippen molar-refractivity contribution in [3.05, 3.63) is 58.5 Å². The van der Waals surface area contributed by atoms with Crippen LogP contribution in [0.15, 0.2) is 47.3 Å². The quantitative estimate of drug-likeness (QED) is 0.658. The van der Waals surface area contributed by atoms with Gasteiger partial charge in [0.2, 0.25) is 0 Å². The summed E-state index contributed by atoms with van der Waals surface area (Å²) in [5.41, 5.74) is -0.00255. The van der Waals surface area contributed by atoms with E-state index in [-0.39, 0.29) is 23.7 Å². The van der Waals surface area contributed by atoms with Crippen molar-refractivity contribution < 1.29 is 9.53 Å². The number of carbonyl (C=O) groups is 1. The standard InChI is InChI=1S/C21H29N3O3/c1-3-5-9-17(4-2)16-22-21(26)19-12-13-20(25)24(23-19)14-15-27-18-10-7-6-8-11-18/h6-8,10-13,17H,3-5,9,14-16H2,1-2H3,(H,22,26). The topological polar surface area (TPSA) is 73.2 Å². The van der Waals surface area contributed by atoms with Gasteiger partial charge in [-0.2, -0.15) is 5.10 Å². The van der Waals surface area contributed by atoms with Crippen molar-refractivity contribution in [2.75, 3.05) is 13.2 Å². The molecule has 2 rings (SSSR count). The fraction of sp³-hybridized carbons (Fsp3) is 0.476. The minimum atomic E-state index is -0.252. The first-order valence-electron chi connectivity index (χ1n) is 9.68. The fourth-order valence-electron chi connectivity index (χ4n) is 2.77. The Morgan fingerprint density at radius 3 is 2.67 bits per heavy atom. The van der Waals surface area contributed by atoms with Crippen LogP contribution in [0.4, 0.5) is 0 Å². The lowest BCUT2D eigenvalue weighted by molar-refractivity contribution is 0.0937. The van der Waals surface area contributed by atoms with E-state index in [1.54, 1.807) is 0 Å². The van der Waals surface area contributed by atoms with E-state index in [2.05, 4.69) is 24.3 Å². The third-order valence-electron chi connectivity index (χ3n) is 4.51. The molecule has 6 heteroatoms. The van der Waals surface area contributed by atoms with Gasteiger partial charge in [-0.15, -0.1) is 0 Å². The van der Waals surface area contributed by atoms with E-state index < -0.39 is 0 Å². The lowest BCUT2D eigenvalue weighted by Crippen LogP contribution is -2.33. The summed E-state index contributed by atoms with van der Waals surface area (Å²) in [5, 5.41) is 7.12. The van der Waals surface area contributed by atoms with Gasteiger partial charge in [0.05, 0.1) is 6.54 Å². The maximum absolute atomic E-state index is 12.4. The molecule has 27 heavy (non-hydrogen) atoms. The molecule has 0 fully saturated rings. The molecule has 1 atom stereocenters. The number of carbonyl (C=O) groups excluding carboxylic acids is 1. The number of hydrogen-bond acceptors (Lipinski definition) is 4. The Balaban J connectivity index is 1.90. The van der Waals surface area contributed by atoms with E-state index in [0.717, 1.165) is 25.0 Å². The Morgan fingerprint density at radius 2 is 1.96 bits per heavy atom. The summed E-state index contributed by atoms with van der Waals surface area (Å²) >= 11 is 0. The fourth-order valence-corrected chi connectivity index (χ4v) is 2.77. The highest BCUT2D eigenvalue weighted by Crippen LogP contribution is 2.11. The van der Waals surface area contributed by atoms with E-state index in [4.69, 9.17) is 4.74 Å². The van der Waals surface area contributed by atoms with Gasteiger partial charge in [0.15, 0.2) is 0 Å². The molecule has 0 aliphatic carbocycles. The van der Waals surface area contributed by atoms with Crippen LogP contribution in [-0.2, 0) is 6.54 Å². The molecule has 1 aromatic heterocycles. The molecule has 0 spiro atoms. The summed E-state index contributed by atoms with van der Waals surface area (Å²) in [4.78, 5) is 24.4. The highest BCUT2D eigenvalue weighted by Gasteiger charge is 2.12. The van der Waals surface area contributed by atoms with Crippen molar-refractivity contribution in [2.45, 2.75) is 46.1 Å². The van der Waals surface area contributed by atoms with E-state index >= 15 is 0 Å². The summed E-state index contributed by atoms with van der Waals surface area (Å²) in [6.07, 6.45) is 4.46. The molecule has 6 nitrogen and oxygen atoms in total. The van der Waals surface area contributed by atoms with Crippen LogP contribution in [0.3, 0.4) is 0 Å². The van der Waals surface area contributed by atoms with Crippen LogP contribution < -0.4 is 15.6 Å². The first kappa shape index (κ1) is 20.7. The largest absolute Gasteiger partial charge is 0.492 e. The summed E-state index contributed by atoms with van der Waals surface area (Å²) in [5.74, 6) is 0.957. The van der Waals surface area contributed by atoms with Gasteiger partial charge in [-0.3, -0.25) is 9.59 Å². The molecule has 0 aliphatic heterocycles. The molecular formula is C21H29N3O3.